The average molecular weight is 225 g/mol. The van der Waals surface area contributed by atoms with E-state index in [0.29, 0.717) is 6.61 Å². The molecule has 0 spiro atoms. The highest BCUT2D eigenvalue weighted by Crippen LogP contribution is 2.31. The second kappa shape index (κ2) is 4.84. The van der Waals surface area contributed by atoms with Gasteiger partial charge in [-0.3, -0.25) is 0 Å². The minimum atomic E-state index is -0.203. The first-order valence-corrected chi connectivity index (χ1v) is 6.42. The zero-order chi connectivity index (χ0) is 11.6. The van der Waals surface area contributed by atoms with Gasteiger partial charge in [0.15, 0.2) is 0 Å². The summed E-state index contributed by atoms with van der Waals surface area (Å²) in [7, 11) is 0. The molecule has 2 heterocycles. The third kappa shape index (κ3) is 2.46. The summed E-state index contributed by atoms with van der Waals surface area (Å²) >= 11 is 0. The molecule has 0 amide bonds. The first kappa shape index (κ1) is 12.1. The van der Waals surface area contributed by atoms with Gasteiger partial charge in [-0.25, -0.2) is 0 Å². The van der Waals surface area contributed by atoms with Crippen LogP contribution in [-0.4, -0.2) is 44.0 Å². The summed E-state index contributed by atoms with van der Waals surface area (Å²) in [6.45, 7) is 9.18. The molecule has 2 aliphatic rings. The molecule has 0 aliphatic carbocycles. The highest BCUT2D eigenvalue weighted by atomic mass is 16.5. The van der Waals surface area contributed by atoms with Crippen molar-refractivity contribution in [2.24, 2.45) is 17.3 Å². The number of hydrogen-bond acceptors (Lipinski definition) is 3. The molecule has 3 nitrogen and oxygen atoms in total. The number of carbonyl (C=O) groups excluding carboxylic acids is 1. The maximum atomic E-state index is 11.2. The van der Waals surface area contributed by atoms with Crippen LogP contribution in [0.5, 0.6) is 0 Å². The van der Waals surface area contributed by atoms with Gasteiger partial charge in [0.1, 0.15) is 6.29 Å². The van der Waals surface area contributed by atoms with E-state index in [2.05, 4.69) is 18.7 Å². The molecule has 2 rings (SSSR count). The molecule has 2 unspecified atom stereocenters. The van der Waals surface area contributed by atoms with E-state index in [1.807, 2.05) is 0 Å². The number of nitrogens with zero attached hydrogens (tertiary/aromatic N) is 1. The Labute approximate surface area is 98.1 Å². The van der Waals surface area contributed by atoms with Gasteiger partial charge in [-0.2, -0.15) is 0 Å². The summed E-state index contributed by atoms with van der Waals surface area (Å²) in [6.07, 6.45) is 3.31. The Morgan fingerprint density at radius 3 is 2.88 bits per heavy atom. The summed E-state index contributed by atoms with van der Waals surface area (Å²) in [5, 5.41) is 0. The van der Waals surface area contributed by atoms with Crippen molar-refractivity contribution in [2.75, 3.05) is 32.8 Å². The Hall–Kier alpha value is -0.410. The van der Waals surface area contributed by atoms with Gasteiger partial charge in [-0.05, 0) is 31.2 Å². The molecule has 0 saturated carbocycles. The molecule has 0 bridgehead atoms. The van der Waals surface area contributed by atoms with Gasteiger partial charge < -0.3 is 14.4 Å². The van der Waals surface area contributed by atoms with Crippen LogP contribution in [0.2, 0.25) is 0 Å². The van der Waals surface area contributed by atoms with Crippen LogP contribution in [0.25, 0.3) is 0 Å². The quantitative estimate of drug-likeness (QED) is 0.680. The predicted molar refractivity (Wildman–Crippen MR) is 63.3 cm³/mol. The Morgan fingerprint density at radius 2 is 2.38 bits per heavy atom. The van der Waals surface area contributed by atoms with E-state index in [1.54, 1.807) is 0 Å². The number of rotatable bonds is 4. The van der Waals surface area contributed by atoms with Gasteiger partial charge in [-0.1, -0.05) is 13.8 Å². The second-order valence-corrected chi connectivity index (χ2v) is 5.81. The van der Waals surface area contributed by atoms with Crippen molar-refractivity contribution in [3.05, 3.63) is 0 Å². The summed E-state index contributed by atoms with van der Waals surface area (Å²) in [6, 6.07) is 0. The van der Waals surface area contributed by atoms with Crippen LogP contribution >= 0.6 is 0 Å². The fraction of sp³-hybridized carbons (Fsp3) is 0.923. The van der Waals surface area contributed by atoms with Gasteiger partial charge in [0.2, 0.25) is 0 Å². The van der Waals surface area contributed by atoms with Crippen LogP contribution in [0.4, 0.5) is 0 Å². The predicted octanol–water partition coefficient (Wildman–Crippen LogP) is 1.57. The van der Waals surface area contributed by atoms with E-state index < -0.39 is 0 Å². The van der Waals surface area contributed by atoms with Gasteiger partial charge >= 0.3 is 0 Å². The van der Waals surface area contributed by atoms with Crippen LogP contribution in [0, 0.1) is 17.3 Å². The smallest absolute Gasteiger partial charge is 0.129 e. The molecule has 2 fully saturated rings. The number of likely N-dealkylation sites (tertiary alicyclic amines) is 1. The molecule has 0 radical (unpaired) electrons. The average Bonchev–Trinajstić information content (AvgIpc) is 2.88. The Kier molecular flexibility index (Phi) is 3.65. The molecule has 0 aromatic heterocycles. The fourth-order valence-corrected chi connectivity index (χ4v) is 2.87. The van der Waals surface area contributed by atoms with Gasteiger partial charge in [0.25, 0.3) is 0 Å². The van der Waals surface area contributed by atoms with Crippen molar-refractivity contribution in [2.45, 2.75) is 26.7 Å². The van der Waals surface area contributed by atoms with Gasteiger partial charge in [0.05, 0.1) is 12.0 Å². The molecule has 92 valence electrons. The van der Waals surface area contributed by atoms with Crippen molar-refractivity contribution < 1.29 is 9.53 Å². The third-order valence-electron chi connectivity index (χ3n) is 4.17. The van der Waals surface area contributed by atoms with Crippen LogP contribution < -0.4 is 0 Å². The van der Waals surface area contributed by atoms with Crippen molar-refractivity contribution in [1.29, 1.82) is 0 Å². The van der Waals surface area contributed by atoms with Crippen molar-refractivity contribution >= 4 is 6.29 Å². The van der Waals surface area contributed by atoms with Gasteiger partial charge in [0, 0.05) is 19.7 Å². The molecule has 2 saturated heterocycles. The van der Waals surface area contributed by atoms with E-state index in [1.165, 1.54) is 6.42 Å². The van der Waals surface area contributed by atoms with E-state index in [4.69, 9.17) is 4.74 Å². The molecule has 16 heavy (non-hydrogen) atoms. The zero-order valence-electron chi connectivity index (χ0n) is 10.4. The summed E-state index contributed by atoms with van der Waals surface area (Å²) in [5.74, 6) is 1.57. The van der Waals surface area contributed by atoms with Gasteiger partial charge in [-0.15, -0.1) is 0 Å². The Balaban J connectivity index is 1.88. The molecule has 0 aromatic rings. The first-order valence-electron chi connectivity index (χ1n) is 6.42. The lowest BCUT2D eigenvalue weighted by atomic mass is 9.88. The molecular weight excluding hydrogens is 202 g/mol. The molecular formula is C13H23NO2. The topological polar surface area (TPSA) is 29.5 Å². The normalized spacial score (nSPS) is 36.1. The van der Waals surface area contributed by atoms with E-state index in [0.717, 1.165) is 50.8 Å². The van der Waals surface area contributed by atoms with E-state index in [9.17, 15) is 4.79 Å². The lowest BCUT2D eigenvalue weighted by Gasteiger charge is -2.27. The lowest BCUT2D eigenvalue weighted by molar-refractivity contribution is -0.117. The van der Waals surface area contributed by atoms with Crippen LogP contribution in [0.3, 0.4) is 0 Å². The van der Waals surface area contributed by atoms with E-state index in [-0.39, 0.29) is 5.41 Å². The van der Waals surface area contributed by atoms with Crippen LogP contribution in [0.15, 0.2) is 0 Å². The minimum Gasteiger partial charge on any atom is -0.380 e. The largest absolute Gasteiger partial charge is 0.380 e. The number of carbonyl (C=O) groups is 1. The summed E-state index contributed by atoms with van der Waals surface area (Å²) < 4.78 is 5.38. The highest BCUT2D eigenvalue weighted by molar-refractivity contribution is 5.60. The monoisotopic (exact) mass is 225 g/mol. The minimum absolute atomic E-state index is 0.203. The highest BCUT2D eigenvalue weighted by Gasteiger charge is 2.38. The van der Waals surface area contributed by atoms with Crippen molar-refractivity contribution in [3.8, 4) is 0 Å². The molecule has 0 N–H and O–H groups in total. The fourth-order valence-electron chi connectivity index (χ4n) is 2.87. The number of hydrogen-bond donors (Lipinski definition) is 0. The lowest BCUT2D eigenvalue weighted by Crippen LogP contribution is -2.38. The molecule has 2 aliphatic heterocycles. The van der Waals surface area contributed by atoms with E-state index >= 15 is 0 Å². The molecule has 2 atom stereocenters. The Morgan fingerprint density at radius 1 is 1.56 bits per heavy atom. The summed E-state index contributed by atoms with van der Waals surface area (Å²) in [4.78, 5) is 13.7. The standard InChI is InChI=1S/C13H23NO2/c1-11(2)12-3-5-14(7-12)8-13(9-15)4-6-16-10-13/h9,11-12H,3-8,10H2,1-2H3. The maximum Gasteiger partial charge on any atom is 0.129 e. The van der Waals surface area contributed by atoms with Crippen LogP contribution in [-0.2, 0) is 9.53 Å². The SMILES string of the molecule is CC(C)C1CCN(CC2(C=O)CCOC2)C1. The first-order chi connectivity index (χ1) is 7.65. The zero-order valence-corrected chi connectivity index (χ0v) is 10.4. The van der Waals surface area contributed by atoms with Crippen LogP contribution in [0.1, 0.15) is 26.7 Å². The number of ether oxygens (including phenoxy) is 1. The Bertz CT molecular complexity index is 246. The van der Waals surface area contributed by atoms with Crippen molar-refractivity contribution in [1.82, 2.24) is 4.90 Å². The maximum absolute atomic E-state index is 11.2. The molecule has 3 heteroatoms. The van der Waals surface area contributed by atoms with Crippen molar-refractivity contribution in [3.63, 3.8) is 0 Å². The second-order valence-electron chi connectivity index (χ2n) is 5.81. The molecule has 0 aromatic carbocycles. The number of aldehydes is 1. The summed E-state index contributed by atoms with van der Waals surface area (Å²) in [5.41, 5.74) is -0.203. The third-order valence-corrected chi connectivity index (χ3v) is 4.17.